The molecule has 0 aromatic heterocycles. The molecule has 0 fully saturated rings. The Bertz CT molecular complexity index is 865. The zero-order chi connectivity index (χ0) is 22.8. The van der Waals surface area contributed by atoms with E-state index in [9.17, 15) is 4.79 Å². The first-order chi connectivity index (χ1) is 14.2. The van der Waals surface area contributed by atoms with Crippen molar-refractivity contribution in [3.05, 3.63) is 69.6 Å². The Morgan fingerprint density at radius 1 is 0.967 bits per heavy atom. The van der Waals surface area contributed by atoms with Crippen LogP contribution < -0.4 is 4.90 Å². The summed E-state index contributed by atoms with van der Waals surface area (Å²) in [6.07, 6.45) is 9.86. The Hall–Kier alpha value is -2.55. The Kier molecular flexibility index (Phi) is 10.4. The molecule has 0 aliphatic carbocycles. The van der Waals surface area contributed by atoms with E-state index in [-0.39, 0.29) is 5.97 Å². The highest BCUT2D eigenvalue weighted by molar-refractivity contribution is 5.87. The van der Waals surface area contributed by atoms with Gasteiger partial charge in [-0.2, -0.15) is 0 Å². The molecule has 0 amide bonds. The van der Waals surface area contributed by atoms with Gasteiger partial charge < -0.3 is 9.64 Å². The molecule has 0 heterocycles. The standard InChI is InChI=1S/C27H39NO2/c1-10-13-20(6)27(19(4)5)28(23(9)14-11-2)25-18-24(21(7)17-22(25)8)15-16-26(29)30-12-3/h13-18H,10-12H2,1-9H3/b16-15+,20-13-,23-14+. The van der Waals surface area contributed by atoms with Crippen LogP contribution in [0.15, 0.2) is 52.9 Å². The number of nitrogens with zero attached hydrogens (tertiary/aromatic N) is 1. The van der Waals surface area contributed by atoms with Crippen LogP contribution in [-0.2, 0) is 9.53 Å². The fourth-order valence-corrected chi connectivity index (χ4v) is 3.70. The Morgan fingerprint density at radius 2 is 1.60 bits per heavy atom. The highest BCUT2D eigenvalue weighted by Crippen LogP contribution is 2.35. The van der Waals surface area contributed by atoms with Gasteiger partial charge in [-0.15, -0.1) is 0 Å². The molecule has 0 spiro atoms. The van der Waals surface area contributed by atoms with Crippen LogP contribution in [0.25, 0.3) is 6.08 Å². The molecular formula is C27H39NO2. The lowest BCUT2D eigenvalue weighted by molar-refractivity contribution is -0.137. The Balaban J connectivity index is 3.71. The molecule has 30 heavy (non-hydrogen) atoms. The smallest absolute Gasteiger partial charge is 0.330 e. The van der Waals surface area contributed by atoms with E-state index >= 15 is 0 Å². The monoisotopic (exact) mass is 409 g/mol. The van der Waals surface area contributed by atoms with E-state index in [1.165, 1.54) is 34.2 Å². The van der Waals surface area contributed by atoms with Crippen molar-refractivity contribution in [1.29, 1.82) is 0 Å². The lowest BCUT2D eigenvalue weighted by Gasteiger charge is -2.32. The van der Waals surface area contributed by atoms with Gasteiger partial charge in [0.25, 0.3) is 0 Å². The van der Waals surface area contributed by atoms with E-state index < -0.39 is 0 Å². The van der Waals surface area contributed by atoms with E-state index in [4.69, 9.17) is 4.74 Å². The number of carbonyl (C=O) groups excluding carboxylic acids is 1. The van der Waals surface area contributed by atoms with Crippen molar-refractivity contribution in [3.63, 3.8) is 0 Å². The summed E-state index contributed by atoms with van der Waals surface area (Å²) in [6, 6.07) is 4.36. The number of aryl methyl sites for hydroxylation is 2. The molecule has 0 aliphatic rings. The molecule has 0 N–H and O–H groups in total. The van der Waals surface area contributed by atoms with Crippen molar-refractivity contribution >= 4 is 17.7 Å². The molecule has 1 rings (SSSR count). The van der Waals surface area contributed by atoms with Crippen LogP contribution in [0.2, 0.25) is 0 Å². The maximum atomic E-state index is 11.8. The minimum absolute atomic E-state index is 0.315. The number of carbonyl (C=O) groups is 1. The summed E-state index contributed by atoms with van der Waals surface area (Å²) in [5, 5.41) is 0. The van der Waals surface area contributed by atoms with Gasteiger partial charge in [-0.3, -0.25) is 0 Å². The van der Waals surface area contributed by atoms with E-state index in [1.54, 1.807) is 0 Å². The molecule has 0 unspecified atom stereocenters. The quantitative estimate of drug-likeness (QED) is 0.238. The third-order valence-electron chi connectivity index (χ3n) is 4.94. The molecule has 0 radical (unpaired) electrons. The average molecular weight is 410 g/mol. The summed E-state index contributed by atoms with van der Waals surface area (Å²) in [6.45, 7) is 19.4. The van der Waals surface area contributed by atoms with Gasteiger partial charge >= 0.3 is 5.97 Å². The minimum Gasteiger partial charge on any atom is -0.463 e. The van der Waals surface area contributed by atoms with Gasteiger partial charge in [-0.05, 0) is 95.7 Å². The first kappa shape index (κ1) is 25.5. The number of esters is 1. The third-order valence-corrected chi connectivity index (χ3v) is 4.94. The lowest BCUT2D eigenvalue weighted by atomic mass is 9.99. The molecule has 1 aromatic carbocycles. The molecule has 0 atom stereocenters. The summed E-state index contributed by atoms with van der Waals surface area (Å²) in [4.78, 5) is 14.2. The van der Waals surface area contributed by atoms with Gasteiger partial charge in [0.2, 0.25) is 0 Å². The van der Waals surface area contributed by atoms with Crippen LogP contribution in [0.5, 0.6) is 0 Å². The molecule has 3 nitrogen and oxygen atoms in total. The fourth-order valence-electron chi connectivity index (χ4n) is 3.70. The number of hydrogen-bond acceptors (Lipinski definition) is 3. The molecular weight excluding hydrogens is 370 g/mol. The summed E-state index contributed by atoms with van der Waals surface area (Å²) >= 11 is 0. The SMILES string of the molecule is CC/C=C(/C)C(=C(C)C)N(/C(C)=C/CC)c1cc(/C=C/C(=O)OCC)c(C)cc1C. The number of benzene rings is 1. The van der Waals surface area contributed by atoms with Crippen molar-refractivity contribution in [1.82, 2.24) is 0 Å². The van der Waals surface area contributed by atoms with E-state index in [2.05, 4.69) is 84.6 Å². The largest absolute Gasteiger partial charge is 0.463 e. The molecule has 0 bridgehead atoms. The summed E-state index contributed by atoms with van der Waals surface area (Å²) in [5.41, 5.74) is 9.45. The molecule has 3 heteroatoms. The van der Waals surface area contributed by atoms with Crippen LogP contribution in [0.3, 0.4) is 0 Å². The summed E-state index contributed by atoms with van der Waals surface area (Å²) in [7, 11) is 0. The first-order valence-corrected chi connectivity index (χ1v) is 10.9. The summed E-state index contributed by atoms with van der Waals surface area (Å²) < 4.78 is 5.04. The number of ether oxygens (including phenoxy) is 1. The van der Waals surface area contributed by atoms with Gasteiger partial charge in [0.15, 0.2) is 0 Å². The van der Waals surface area contributed by atoms with Gasteiger partial charge in [-0.25, -0.2) is 4.79 Å². The molecule has 0 aliphatic heterocycles. The minimum atomic E-state index is -0.315. The van der Waals surface area contributed by atoms with Gasteiger partial charge in [0, 0.05) is 23.2 Å². The number of anilines is 1. The zero-order valence-electron chi connectivity index (χ0n) is 20.3. The number of hydrogen-bond donors (Lipinski definition) is 0. The van der Waals surface area contributed by atoms with Crippen molar-refractivity contribution in [2.24, 2.45) is 0 Å². The zero-order valence-corrected chi connectivity index (χ0v) is 20.3. The van der Waals surface area contributed by atoms with Gasteiger partial charge in [0.05, 0.1) is 6.61 Å². The van der Waals surface area contributed by atoms with Crippen molar-refractivity contribution in [3.8, 4) is 0 Å². The van der Waals surface area contributed by atoms with E-state index in [0.29, 0.717) is 6.61 Å². The normalized spacial score (nSPS) is 12.3. The second kappa shape index (κ2) is 12.2. The van der Waals surface area contributed by atoms with Gasteiger partial charge in [-0.1, -0.05) is 37.6 Å². The second-order valence-corrected chi connectivity index (χ2v) is 7.81. The highest BCUT2D eigenvalue weighted by atomic mass is 16.5. The Labute approximate surface area is 183 Å². The van der Waals surface area contributed by atoms with Crippen molar-refractivity contribution < 1.29 is 9.53 Å². The van der Waals surface area contributed by atoms with E-state index in [1.807, 2.05) is 13.0 Å². The topological polar surface area (TPSA) is 29.5 Å². The van der Waals surface area contributed by atoms with Crippen LogP contribution in [-0.4, -0.2) is 12.6 Å². The number of allylic oxidation sites excluding steroid dienone is 5. The van der Waals surface area contributed by atoms with Crippen LogP contribution in [0.4, 0.5) is 5.69 Å². The van der Waals surface area contributed by atoms with Crippen molar-refractivity contribution in [2.75, 3.05) is 11.5 Å². The van der Waals surface area contributed by atoms with Crippen LogP contribution in [0.1, 0.15) is 78.0 Å². The number of rotatable bonds is 9. The maximum Gasteiger partial charge on any atom is 0.330 e. The summed E-state index contributed by atoms with van der Waals surface area (Å²) in [5.74, 6) is -0.315. The highest BCUT2D eigenvalue weighted by Gasteiger charge is 2.19. The average Bonchev–Trinajstić information content (AvgIpc) is 2.66. The Morgan fingerprint density at radius 3 is 2.13 bits per heavy atom. The molecule has 1 aromatic rings. The molecule has 164 valence electrons. The van der Waals surface area contributed by atoms with E-state index in [0.717, 1.165) is 29.7 Å². The second-order valence-electron chi connectivity index (χ2n) is 7.81. The van der Waals surface area contributed by atoms with Crippen LogP contribution >= 0.6 is 0 Å². The third kappa shape index (κ3) is 6.76. The first-order valence-electron chi connectivity index (χ1n) is 10.9. The van der Waals surface area contributed by atoms with Gasteiger partial charge in [0.1, 0.15) is 0 Å². The predicted molar refractivity (Wildman–Crippen MR) is 131 cm³/mol. The van der Waals surface area contributed by atoms with Crippen molar-refractivity contribution in [2.45, 2.75) is 75.2 Å². The lowest BCUT2D eigenvalue weighted by Crippen LogP contribution is -2.23. The molecule has 0 saturated carbocycles. The molecule has 0 saturated heterocycles. The van der Waals surface area contributed by atoms with Crippen LogP contribution in [0, 0.1) is 13.8 Å². The fraction of sp³-hybridized carbons (Fsp3) is 0.444. The predicted octanol–water partition coefficient (Wildman–Crippen LogP) is 7.65. The maximum absolute atomic E-state index is 11.8.